The second kappa shape index (κ2) is 10.0. The third-order valence-electron chi connectivity index (χ3n) is 6.59. The first-order valence-electron chi connectivity index (χ1n) is 11.8. The molecule has 1 aliphatic rings. The van der Waals surface area contributed by atoms with Gasteiger partial charge in [0.25, 0.3) is 0 Å². The van der Waals surface area contributed by atoms with E-state index in [0.717, 1.165) is 61.9 Å². The molecule has 1 saturated heterocycles. The number of nitrogens with two attached hydrogens (primary N) is 1. The third kappa shape index (κ3) is 4.61. The summed E-state index contributed by atoms with van der Waals surface area (Å²) in [4.78, 5) is 13.9. The average Bonchev–Trinajstić information content (AvgIpc) is 3.22. The Kier molecular flexibility index (Phi) is 6.79. The molecule has 2 aromatic carbocycles. The molecular formula is C26H30ClN7OSi. The fourth-order valence-electron chi connectivity index (χ4n) is 4.75. The standard InChI is InChI=1S/C26H30ClN7OSi/c1-32(2)23-15-34(10-11-36-23)21-9-8-16(12-20(21)28)30-26-29-13-19(27)24(31-26)18-14-33(3)25-17(18)6-5-7-22(25)35-4/h5-9,12-14,23H,10-11,15,28H2,1-4H3,(H,29,30,31)/t23-/m0/s1. The summed E-state index contributed by atoms with van der Waals surface area (Å²) in [5.74, 6) is 1.25. The van der Waals surface area contributed by atoms with Crippen LogP contribution in [0.5, 0.6) is 5.75 Å². The molecule has 10 heteroatoms. The Hall–Kier alpha value is -3.27. The molecule has 3 N–H and O–H groups in total. The van der Waals surface area contributed by atoms with Crippen LogP contribution in [0.2, 0.25) is 11.1 Å². The molecule has 1 fully saturated rings. The number of nitrogens with one attached hydrogen (secondary N) is 1. The van der Waals surface area contributed by atoms with Crippen molar-refractivity contribution in [1.82, 2.24) is 19.4 Å². The van der Waals surface area contributed by atoms with Gasteiger partial charge in [0.1, 0.15) is 5.75 Å². The summed E-state index contributed by atoms with van der Waals surface area (Å²) in [6.07, 6.45) is 3.64. The van der Waals surface area contributed by atoms with Crippen LogP contribution in [0.1, 0.15) is 0 Å². The molecule has 4 aromatic rings. The van der Waals surface area contributed by atoms with Gasteiger partial charge in [-0.25, -0.2) is 9.97 Å². The molecule has 0 unspecified atom stereocenters. The first kappa shape index (κ1) is 24.4. The summed E-state index contributed by atoms with van der Waals surface area (Å²) in [5.41, 5.74) is 12.2. The van der Waals surface area contributed by atoms with Crippen molar-refractivity contribution in [2.45, 2.75) is 11.7 Å². The highest BCUT2D eigenvalue weighted by atomic mass is 35.5. The number of halogens is 1. The van der Waals surface area contributed by atoms with Gasteiger partial charge in [0, 0.05) is 48.6 Å². The van der Waals surface area contributed by atoms with Crippen molar-refractivity contribution in [3.05, 3.63) is 53.8 Å². The number of benzene rings is 2. The van der Waals surface area contributed by atoms with Gasteiger partial charge in [0.05, 0.1) is 50.4 Å². The van der Waals surface area contributed by atoms with E-state index in [1.54, 1.807) is 13.3 Å². The molecule has 2 radical (unpaired) electrons. The number of anilines is 4. The van der Waals surface area contributed by atoms with E-state index in [2.05, 4.69) is 40.3 Å². The minimum atomic E-state index is 0.452. The van der Waals surface area contributed by atoms with E-state index in [0.29, 0.717) is 22.3 Å². The zero-order valence-electron chi connectivity index (χ0n) is 20.9. The molecule has 0 amide bonds. The zero-order valence-corrected chi connectivity index (χ0v) is 22.7. The predicted molar refractivity (Wildman–Crippen MR) is 150 cm³/mol. The van der Waals surface area contributed by atoms with Gasteiger partial charge in [-0.1, -0.05) is 23.7 Å². The number of nitrogens with zero attached hydrogens (tertiary/aromatic N) is 5. The van der Waals surface area contributed by atoms with Crippen molar-refractivity contribution in [1.29, 1.82) is 0 Å². The van der Waals surface area contributed by atoms with Gasteiger partial charge in [0.2, 0.25) is 5.95 Å². The van der Waals surface area contributed by atoms with Gasteiger partial charge in [0.15, 0.2) is 0 Å². The Morgan fingerprint density at radius 1 is 1.25 bits per heavy atom. The highest BCUT2D eigenvalue weighted by Crippen LogP contribution is 2.37. The first-order chi connectivity index (χ1) is 17.4. The minimum Gasteiger partial charge on any atom is -0.495 e. The number of likely N-dealkylation sites (N-methyl/N-ethyl adjacent to an activating group) is 1. The molecule has 36 heavy (non-hydrogen) atoms. The van der Waals surface area contributed by atoms with E-state index in [4.69, 9.17) is 27.1 Å². The maximum Gasteiger partial charge on any atom is 0.227 e. The van der Waals surface area contributed by atoms with Gasteiger partial charge >= 0.3 is 0 Å². The molecule has 0 saturated carbocycles. The maximum atomic E-state index is 6.56. The quantitative estimate of drug-likeness (QED) is 0.287. The molecule has 0 spiro atoms. The van der Waals surface area contributed by atoms with E-state index in [1.165, 1.54) is 6.04 Å². The van der Waals surface area contributed by atoms with Crippen molar-refractivity contribution in [2.24, 2.45) is 7.05 Å². The van der Waals surface area contributed by atoms with Crippen molar-refractivity contribution < 1.29 is 4.74 Å². The SMILES string of the molecule is COc1cccc2c(-c3nc(Nc4ccc(N5CC[Si][C@H](N(C)C)C5)c(N)c4)ncc3Cl)cn(C)c12. The zero-order chi connectivity index (χ0) is 25.4. The lowest BCUT2D eigenvalue weighted by Crippen LogP contribution is -2.49. The second-order valence-electron chi connectivity index (χ2n) is 9.18. The number of rotatable bonds is 6. The summed E-state index contributed by atoms with van der Waals surface area (Å²) < 4.78 is 7.58. The molecule has 1 atom stereocenters. The smallest absolute Gasteiger partial charge is 0.227 e. The molecule has 8 nitrogen and oxygen atoms in total. The van der Waals surface area contributed by atoms with Crippen molar-refractivity contribution in [3.63, 3.8) is 0 Å². The van der Waals surface area contributed by atoms with Crippen LogP contribution in [0.3, 0.4) is 0 Å². The van der Waals surface area contributed by atoms with Crippen LogP contribution in [-0.4, -0.2) is 68.9 Å². The summed E-state index contributed by atoms with van der Waals surface area (Å²) in [6, 6.07) is 13.2. The third-order valence-corrected chi connectivity index (χ3v) is 8.55. The molecule has 0 aliphatic carbocycles. The fraction of sp³-hybridized carbons (Fsp3) is 0.308. The number of nitrogen functional groups attached to an aromatic ring is 1. The molecule has 186 valence electrons. The Labute approximate surface area is 218 Å². The van der Waals surface area contributed by atoms with Gasteiger partial charge in [-0.3, -0.25) is 0 Å². The summed E-state index contributed by atoms with van der Waals surface area (Å²) in [7, 11) is 8.90. The van der Waals surface area contributed by atoms with Gasteiger partial charge in [-0.2, -0.15) is 0 Å². The van der Waals surface area contributed by atoms with E-state index >= 15 is 0 Å². The Bertz CT molecular complexity index is 1410. The molecule has 2 aromatic heterocycles. The molecule has 5 rings (SSSR count). The number of fused-ring (bicyclic) bond motifs is 1. The minimum absolute atomic E-state index is 0.452. The predicted octanol–water partition coefficient (Wildman–Crippen LogP) is 4.45. The van der Waals surface area contributed by atoms with Crippen LogP contribution >= 0.6 is 11.6 Å². The van der Waals surface area contributed by atoms with Crippen molar-refractivity contribution >= 4 is 55.0 Å². The number of methoxy groups -OCH3 is 1. The Morgan fingerprint density at radius 2 is 2.08 bits per heavy atom. The van der Waals surface area contributed by atoms with Crippen molar-refractivity contribution in [2.75, 3.05) is 50.2 Å². The molecular weight excluding hydrogens is 490 g/mol. The second-order valence-corrected chi connectivity index (χ2v) is 11.2. The van der Waals surface area contributed by atoms with Crippen LogP contribution in [-0.2, 0) is 7.05 Å². The first-order valence-corrected chi connectivity index (χ1v) is 13.5. The van der Waals surface area contributed by atoms with E-state index in [9.17, 15) is 0 Å². The number of para-hydroxylation sites is 1. The van der Waals surface area contributed by atoms with Crippen LogP contribution < -0.4 is 20.7 Å². The normalized spacial score (nSPS) is 16.1. The summed E-state index contributed by atoms with van der Waals surface area (Å²) in [5, 5.41) is 4.79. The van der Waals surface area contributed by atoms with Crippen LogP contribution in [0.4, 0.5) is 23.0 Å². The molecule has 0 bridgehead atoms. The maximum absolute atomic E-state index is 6.56. The highest BCUT2D eigenvalue weighted by Gasteiger charge is 2.23. The van der Waals surface area contributed by atoms with E-state index < -0.39 is 0 Å². The van der Waals surface area contributed by atoms with Crippen LogP contribution in [0.15, 0.2) is 48.8 Å². The van der Waals surface area contributed by atoms with E-state index in [-0.39, 0.29) is 0 Å². The van der Waals surface area contributed by atoms with Gasteiger partial charge in [-0.15, -0.1) is 0 Å². The summed E-state index contributed by atoms with van der Waals surface area (Å²) in [6.45, 7) is 2.02. The van der Waals surface area contributed by atoms with Crippen LogP contribution in [0, 0.1) is 0 Å². The Balaban J connectivity index is 1.42. The number of hydrogen-bond acceptors (Lipinski definition) is 7. The lowest BCUT2D eigenvalue weighted by atomic mass is 10.1. The number of hydrogen-bond donors (Lipinski definition) is 2. The topological polar surface area (TPSA) is 84.5 Å². The number of ether oxygens (including phenoxy) is 1. The Morgan fingerprint density at radius 3 is 2.83 bits per heavy atom. The van der Waals surface area contributed by atoms with Crippen LogP contribution in [0.25, 0.3) is 22.2 Å². The number of aryl methyl sites for hydroxylation is 1. The lowest BCUT2D eigenvalue weighted by Gasteiger charge is -2.37. The fourth-order valence-corrected chi connectivity index (χ4v) is 6.39. The average molecular weight is 520 g/mol. The molecule has 3 heterocycles. The largest absolute Gasteiger partial charge is 0.495 e. The lowest BCUT2D eigenvalue weighted by molar-refractivity contribution is 0.364. The monoisotopic (exact) mass is 519 g/mol. The molecule has 1 aliphatic heterocycles. The van der Waals surface area contributed by atoms with Gasteiger partial charge in [-0.05, 0) is 44.4 Å². The highest BCUT2D eigenvalue weighted by molar-refractivity contribution is 6.38. The summed E-state index contributed by atoms with van der Waals surface area (Å²) >= 11 is 6.56. The van der Waals surface area contributed by atoms with Gasteiger partial charge < -0.3 is 30.2 Å². The van der Waals surface area contributed by atoms with Crippen molar-refractivity contribution in [3.8, 4) is 17.0 Å². The van der Waals surface area contributed by atoms with E-state index in [1.807, 2.05) is 48.1 Å². The number of aromatic nitrogens is 3.